The Morgan fingerprint density at radius 2 is 1.88 bits per heavy atom. The van der Waals surface area contributed by atoms with Crippen molar-refractivity contribution in [3.8, 4) is 6.07 Å². The zero-order chi connectivity index (χ0) is 22.5. The Hall–Kier alpha value is -3.67. The molecule has 0 spiro atoms. The summed E-state index contributed by atoms with van der Waals surface area (Å²) in [6.45, 7) is 3.44. The van der Waals surface area contributed by atoms with E-state index in [0.29, 0.717) is 42.9 Å². The van der Waals surface area contributed by atoms with Gasteiger partial charge in [-0.15, -0.1) is 0 Å². The van der Waals surface area contributed by atoms with Crippen LogP contribution in [0.2, 0.25) is 0 Å². The average Bonchev–Trinajstić information content (AvgIpc) is 3.22. The van der Waals surface area contributed by atoms with Gasteiger partial charge in [-0.25, -0.2) is 0 Å². The highest BCUT2D eigenvalue weighted by molar-refractivity contribution is 6.05. The quantitative estimate of drug-likeness (QED) is 0.530. The zero-order valence-electron chi connectivity index (χ0n) is 17.6. The van der Waals surface area contributed by atoms with Crippen molar-refractivity contribution in [1.29, 1.82) is 5.26 Å². The molecule has 4 rings (SSSR count). The van der Waals surface area contributed by atoms with E-state index < -0.39 is 12.0 Å². The van der Waals surface area contributed by atoms with Crippen LogP contribution < -0.4 is 5.32 Å². The fourth-order valence-electron chi connectivity index (χ4n) is 4.18. The maximum absolute atomic E-state index is 12.4. The smallest absolute Gasteiger partial charge is 0.325 e. The van der Waals surface area contributed by atoms with Gasteiger partial charge in [0.1, 0.15) is 6.04 Å². The molecule has 164 valence electrons. The normalized spacial score (nSPS) is 15.8. The third-order valence-electron chi connectivity index (χ3n) is 5.85. The minimum atomic E-state index is -0.891. The van der Waals surface area contributed by atoms with Crippen LogP contribution in [0.1, 0.15) is 28.4 Å². The number of fused-ring (bicyclic) bond motifs is 1. The molecule has 2 aromatic carbocycles. The standard InChI is InChI=1S/C24H25N5O3/c25-9-4-10-28-11-13-29(14-12-28)22(24(31)32)20-16-26-21-15-18(7-8-19(20)21)27-23(30)17-5-2-1-3-6-17/h1-3,5-8,15-16,22,26H,4,10-14H2,(H,27,30)(H,31,32)/t22-/m0/s1. The summed E-state index contributed by atoms with van der Waals surface area (Å²) in [6, 6.07) is 15.8. The molecule has 1 aliphatic heterocycles. The van der Waals surface area contributed by atoms with Gasteiger partial charge in [0.2, 0.25) is 0 Å². The summed E-state index contributed by atoms with van der Waals surface area (Å²) < 4.78 is 0. The van der Waals surface area contributed by atoms with Crippen molar-refractivity contribution in [3.63, 3.8) is 0 Å². The summed E-state index contributed by atoms with van der Waals surface area (Å²) in [5, 5.41) is 22.5. The van der Waals surface area contributed by atoms with Gasteiger partial charge in [0.25, 0.3) is 5.91 Å². The summed E-state index contributed by atoms with van der Waals surface area (Å²) >= 11 is 0. The Morgan fingerprint density at radius 1 is 1.12 bits per heavy atom. The topological polar surface area (TPSA) is 112 Å². The number of nitriles is 1. The van der Waals surface area contributed by atoms with Gasteiger partial charge in [-0.2, -0.15) is 5.26 Å². The number of nitrogens with one attached hydrogen (secondary N) is 2. The maximum atomic E-state index is 12.4. The van der Waals surface area contributed by atoms with E-state index in [1.807, 2.05) is 35.2 Å². The number of carboxylic acid groups (broad SMARTS) is 1. The molecular formula is C24H25N5O3. The number of aromatic nitrogens is 1. The van der Waals surface area contributed by atoms with E-state index >= 15 is 0 Å². The fraction of sp³-hybridized carbons (Fsp3) is 0.292. The van der Waals surface area contributed by atoms with Crippen LogP contribution in [-0.2, 0) is 4.79 Å². The van der Waals surface area contributed by atoms with Crippen LogP contribution >= 0.6 is 0 Å². The number of piperazine rings is 1. The van der Waals surface area contributed by atoms with Crippen molar-refractivity contribution in [1.82, 2.24) is 14.8 Å². The van der Waals surface area contributed by atoms with Crippen LogP contribution in [0.3, 0.4) is 0 Å². The summed E-state index contributed by atoms with van der Waals surface area (Å²) in [4.78, 5) is 31.9. The number of aliphatic carboxylic acids is 1. The SMILES string of the molecule is N#CCCN1CCN([C@H](C(=O)O)c2c[nH]c3cc(NC(=O)c4ccccc4)ccc23)CC1. The number of anilines is 1. The fourth-order valence-corrected chi connectivity index (χ4v) is 4.18. The highest BCUT2D eigenvalue weighted by atomic mass is 16.4. The number of H-pyrrole nitrogens is 1. The molecule has 0 aliphatic carbocycles. The molecule has 8 heteroatoms. The first-order valence-electron chi connectivity index (χ1n) is 10.6. The molecule has 1 atom stereocenters. The van der Waals surface area contributed by atoms with E-state index in [0.717, 1.165) is 24.0 Å². The van der Waals surface area contributed by atoms with Gasteiger partial charge in [0.15, 0.2) is 0 Å². The Labute approximate surface area is 186 Å². The van der Waals surface area contributed by atoms with Crippen molar-refractivity contribution in [2.75, 3.05) is 38.0 Å². The Morgan fingerprint density at radius 3 is 2.56 bits per heavy atom. The van der Waals surface area contributed by atoms with Crippen LogP contribution in [0.5, 0.6) is 0 Å². The molecule has 0 unspecified atom stereocenters. The number of benzene rings is 2. The van der Waals surface area contributed by atoms with E-state index in [9.17, 15) is 14.7 Å². The van der Waals surface area contributed by atoms with Crippen LogP contribution in [0.25, 0.3) is 10.9 Å². The first-order valence-corrected chi connectivity index (χ1v) is 10.6. The second-order valence-electron chi connectivity index (χ2n) is 7.85. The molecule has 0 radical (unpaired) electrons. The minimum Gasteiger partial charge on any atom is -0.480 e. The van der Waals surface area contributed by atoms with Gasteiger partial charge in [0.05, 0.1) is 6.07 Å². The maximum Gasteiger partial charge on any atom is 0.325 e. The molecule has 2 heterocycles. The molecule has 32 heavy (non-hydrogen) atoms. The molecule has 3 aromatic rings. The van der Waals surface area contributed by atoms with E-state index in [2.05, 4.69) is 21.3 Å². The lowest BCUT2D eigenvalue weighted by Crippen LogP contribution is -2.49. The predicted molar refractivity (Wildman–Crippen MR) is 121 cm³/mol. The van der Waals surface area contributed by atoms with Gasteiger partial charge < -0.3 is 15.4 Å². The number of hydrogen-bond acceptors (Lipinski definition) is 5. The van der Waals surface area contributed by atoms with Crippen molar-refractivity contribution in [2.45, 2.75) is 12.5 Å². The van der Waals surface area contributed by atoms with Crippen LogP contribution in [0.15, 0.2) is 54.7 Å². The third-order valence-corrected chi connectivity index (χ3v) is 5.85. The molecule has 1 amide bonds. The summed E-state index contributed by atoms with van der Waals surface area (Å²) in [5.41, 5.74) is 2.68. The Balaban J connectivity index is 1.51. The monoisotopic (exact) mass is 431 g/mol. The number of carbonyl (C=O) groups is 2. The molecule has 1 aliphatic rings. The number of rotatable bonds is 7. The van der Waals surface area contributed by atoms with Crippen molar-refractivity contribution >= 4 is 28.5 Å². The van der Waals surface area contributed by atoms with E-state index in [-0.39, 0.29) is 5.91 Å². The number of nitrogens with zero attached hydrogens (tertiary/aromatic N) is 3. The Kier molecular flexibility index (Phi) is 6.50. The number of carboxylic acids is 1. The first kappa shape index (κ1) is 21.6. The summed E-state index contributed by atoms with van der Waals surface area (Å²) in [7, 11) is 0. The second-order valence-corrected chi connectivity index (χ2v) is 7.85. The van der Waals surface area contributed by atoms with E-state index in [1.165, 1.54) is 0 Å². The lowest BCUT2D eigenvalue weighted by atomic mass is 10.0. The van der Waals surface area contributed by atoms with Crippen molar-refractivity contribution in [3.05, 3.63) is 65.9 Å². The number of aromatic amines is 1. The zero-order valence-corrected chi connectivity index (χ0v) is 17.6. The third kappa shape index (κ3) is 4.64. The highest BCUT2D eigenvalue weighted by Gasteiger charge is 2.32. The van der Waals surface area contributed by atoms with Gasteiger partial charge in [-0.1, -0.05) is 24.3 Å². The second kappa shape index (κ2) is 9.64. The predicted octanol–water partition coefficient (Wildman–Crippen LogP) is 3.08. The lowest BCUT2D eigenvalue weighted by molar-refractivity contribution is -0.144. The molecule has 1 fully saturated rings. The summed E-state index contributed by atoms with van der Waals surface area (Å²) in [6.07, 6.45) is 2.22. The Bertz CT molecular complexity index is 1140. The van der Waals surface area contributed by atoms with Gasteiger partial charge >= 0.3 is 5.97 Å². The number of amides is 1. The largest absolute Gasteiger partial charge is 0.480 e. The summed E-state index contributed by atoms with van der Waals surface area (Å²) in [5.74, 6) is -1.09. The first-order chi connectivity index (χ1) is 15.6. The lowest BCUT2D eigenvalue weighted by Gasteiger charge is -2.37. The van der Waals surface area contributed by atoms with Gasteiger partial charge in [-0.3, -0.25) is 19.4 Å². The molecule has 0 saturated carbocycles. The number of hydrogen-bond donors (Lipinski definition) is 3. The van der Waals surface area contributed by atoms with Gasteiger partial charge in [0, 0.05) is 73.1 Å². The van der Waals surface area contributed by atoms with E-state index in [1.54, 1.807) is 24.4 Å². The van der Waals surface area contributed by atoms with Crippen molar-refractivity contribution in [2.24, 2.45) is 0 Å². The highest BCUT2D eigenvalue weighted by Crippen LogP contribution is 2.31. The molecule has 0 bridgehead atoms. The number of carbonyl (C=O) groups excluding carboxylic acids is 1. The molecule has 3 N–H and O–H groups in total. The molecule has 1 saturated heterocycles. The molecule has 8 nitrogen and oxygen atoms in total. The average molecular weight is 431 g/mol. The van der Waals surface area contributed by atoms with Crippen molar-refractivity contribution < 1.29 is 14.7 Å². The van der Waals surface area contributed by atoms with Crippen LogP contribution in [-0.4, -0.2) is 64.5 Å². The van der Waals surface area contributed by atoms with Crippen LogP contribution in [0.4, 0.5) is 5.69 Å². The van der Waals surface area contributed by atoms with Crippen LogP contribution in [0, 0.1) is 11.3 Å². The van der Waals surface area contributed by atoms with Gasteiger partial charge in [-0.05, 0) is 24.3 Å². The molecular weight excluding hydrogens is 406 g/mol. The molecule has 1 aromatic heterocycles. The minimum absolute atomic E-state index is 0.200. The van der Waals surface area contributed by atoms with E-state index in [4.69, 9.17) is 5.26 Å².